The van der Waals surface area contributed by atoms with E-state index < -0.39 is 0 Å². The van der Waals surface area contributed by atoms with Crippen molar-refractivity contribution in [3.8, 4) is 23.0 Å². The van der Waals surface area contributed by atoms with Crippen LogP contribution in [0.3, 0.4) is 0 Å². The maximum absolute atomic E-state index is 13.2. The summed E-state index contributed by atoms with van der Waals surface area (Å²) in [4.78, 5) is 18.2. The number of carbonyl (C=O) groups is 1. The van der Waals surface area contributed by atoms with Gasteiger partial charge in [0.15, 0.2) is 16.3 Å². The summed E-state index contributed by atoms with van der Waals surface area (Å²) < 4.78 is 20.3. The number of carbonyl (C=O) groups excluding carboxylic acids is 1. The Kier molecular flexibility index (Phi) is 5.47. The minimum absolute atomic E-state index is 0.377. The monoisotopic (exact) mass is 444 g/mol. The first-order valence-corrected chi connectivity index (χ1v) is 11.0. The summed E-state index contributed by atoms with van der Waals surface area (Å²) >= 11 is 1.42. The van der Waals surface area contributed by atoms with Crippen molar-refractivity contribution in [2.75, 3.05) is 13.2 Å². The van der Waals surface area contributed by atoms with Gasteiger partial charge in [0.1, 0.15) is 24.7 Å². The highest BCUT2D eigenvalue weighted by Crippen LogP contribution is 2.35. The number of ether oxygens (including phenoxy) is 3. The highest BCUT2D eigenvalue weighted by Gasteiger charge is 2.17. The molecule has 0 aliphatic carbocycles. The molecule has 1 amide bonds. The summed E-state index contributed by atoms with van der Waals surface area (Å²) in [7, 11) is 0. The number of fused-ring (bicyclic) bond motifs is 2. The standard InChI is InChI=1S/C25H20N2O4S/c1-2-12-27-19-15-21-22(30-14-13-29-21)16-23(19)32-25(27)26-24(28)18-10-6-7-11-20(18)31-17-8-4-3-5-9-17/h2-11,15-16H,1,12-14H2. The van der Waals surface area contributed by atoms with Crippen LogP contribution in [0.5, 0.6) is 23.0 Å². The van der Waals surface area contributed by atoms with Crippen molar-refractivity contribution in [3.05, 3.63) is 89.7 Å². The fourth-order valence-electron chi connectivity index (χ4n) is 3.49. The summed E-state index contributed by atoms with van der Waals surface area (Å²) in [5.74, 6) is 2.13. The molecule has 0 saturated heterocycles. The number of allylic oxidation sites excluding steroid dienone is 1. The summed E-state index contributed by atoms with van der Waals surface area (Å²) in [6.45, 7) is 5.39. The number of hydrogen-bond acceptors (Lipinski definition) is 5. The molecule has 0 N–H and O–H groups in total. The smallest absolute Gasteiger partial charge is 0.283 e. The molecule has 4 aromatic rings. The lowest BCUT2D eigenvalue weighted by Crippen LogP contribution is -2.17. The molecule has 0 spiro atoms. The Balaban J connectivity index is 1.58. The third kappa shape index (κ3) is 3.90. The predicted octanol–water partition coefficient (Wildman–Crippen LogP) is 5.19. The zero-order valence-corrected chi connectivity index (χ0v) is 18.0. The maximum atomic E-state index is 13.2. The number of benzene rings is 3. The van der Waals surface area contributed by atoms with Crippen molar-refractivity contribution in [2.24, 2.45) is 4.99 Å². The average Bonchev–Trinajstić information content (AvgIpc) is 3.14. The van der Waals surface area contributed by atoms with Gasteiger partial charge in [0.05, 0.1) is 15.8 Å². The van der Waals surface area contributed by atoms with Gasteiger partial charge in [-0.25, -0.2) is 0 Å². The zero-order chi connectivity index (χ0) is 21.9. The van der Waals surface area contributed by atoms with Crippen LogP contribution in [0.1, 0.15) is 10.4 Å². The number of rotatable bonds is 5. The SMILES string of the molecule is C=CCn1c(=NC(=O)c2ccccc2Oc2ccccc2)sc2cc3c(cc21)OCCO3. The molecule has 3 aromatic carbocycles. The molecule has 7 heteroatoms. The van der Waals surface area contributed by atoms with Crippen molar-refractivity contribution in [2.45, 2.75) is 6.54 Å². The van der Waals surface area contributed by atoms with Gasteiger partial charge >= 0.3 is 0 Å². The van der Waals surface area contributed by atoms with E-state index >= 15 is 0 Å². The molecule has 1 aliphatic heterocycles. The van der Waals surface area contributed by atoms with E-state index in [1.165, 1.54) is 11.3 Å². The van der Waals surface area contributed by atoms with Crippen molar-refractivity contribution in [1.29, 1.82) is 0 Å². The normalized spacial score (nSPS) is 13.2. The van der Waals surface area contributed by atoms with Gasteiger partial charge in [-0.2, -0.15) is 4.99 Å². The Hall–Kier alpha value is -3.84. The lowest BCUT2D eigenvalue weighted by Gasteiger charge is -2.18. The number of para-hydroxylation sites is 2. The van der Waals surface area contributed by atoms with Crippen LogP contribution < -0.4 is 19.0 Å². The van der Waals surface area contributed by atoms with Crippen LogP contribution in [0.25, 0.3) is 10.2 Å². The van der Waals surface area contributed by atoms with Crippen molar-refractivity contribution >= 4 is 27.5 Å². The molecule has 2 heterocycles. The van der Waals surface area contributed by atoms with Crippen LogP contribution in [-0.4, -0.2) is 23.7 Å². The molecule has 32 heavy (non-hydrogen) atoms. The van der Waals surface area contributed by atoms with Crippen molar-refractivity contribution in [3.63, 3.8) is 0 Å². The first-order valence-electron chi connectivity index (χ1n) is 10.2. The van der Waals surface area contributed by atoms with E-state index in [4.69, 9.17) is 14.2 Å². The minimum Gasteiger partial charge on any atom is -0.486 e. The van der Waals surface area contributed by atoms with Crippen LogP contribution in [0, 0.1) is 0 Å². The molecule has 0 saturated carbocycles. The molecule has 5 rings (SSSR count). The molecule has 1 aliphatic rings. The third-order valence-electron chi connectivity index (χ3n) is 4.94. The van der Waals surface area contributed by atoms with E-state index in [0.29, 0.717) is 53.1 Å². The molecule has 6 nitrogen and oxygen atoms in total. The molecule has 0 bridgehead atoms. The van der Waals surface area contributed by atoms with Gasteiger partial charge in [0, 0.05) is 18.7 Å². The van der Waals surface area contributed by atoms with Gasteiger partial charge in [-0.15, -0.1) is 6.58 Å². The second-order valence-electron chi connectivity index (χ2n) is 7.08. The summed E-state index contributed by atoms with van der Waals surface area (Å²) in [6.07, 6.45) is 1.78. The topological polar surface area (TPSA) is 62.1 Å². The van der Waals surface area contributed by atoms with Crippen LogP contribution in [0.4, 0.5) is 0 Å². The van der Waals surface area contributed by atoms with E-state index in [1.807, 2.05) is 53.1 Å². The number of thiazole rings is 1. The molecular formula is C25H20N2O4S. The summed E-state index contributed by atoms with van der Waals surface area (Å²) in [6, 6.07) is 20.3. The van der Waals surface area contributed by atoms with Gasteiger partial charge in [-0.05, 0) is 24.3 Å². The lowest BCUT2D eigenvalue weighted by atomic mass is 10.2. The number of nitrogens with zero attached hydrogens (tertiary/aromatic N) is 2. The van der Waals surface area contributed by atoms with Crippen LogP contribution >= 0.6 is 11.3 Å². The quantitative estimate of drug-likeness (QED) is 0.397. The molecule has 0 unspecified atom stereocenters. The first-order chi connectivity index (χ1) is 15.7. The highest BCUT2D eigenvalue weighted by molar-refractivity contribution is 7.16. The van der Waals surface area contributed by atoms with Gasteiger partial charge in [-0.3, -0.25) is 4.79 Å². The second-order valence-corrected chi connectivity index (χ2v) is 8.08. The fourth-order valence-corrected chi connectivity index (χ4v) is 4.54. The molecule has 0 atom stereocenters. The second kappa shape index (κ2) is 8.72. The molecule has 0 radical (unpaired) electrons. The molecule has 1 aromatic heterocycles. The first kappa shape index (κ1) is 20.1. The zero-order valence-electron chi connectivity index (χ0n) is 17.2. The van der Waals surface area contributed by atoms with Gasteiger partial charge in [0.2, 0.25) is 0 Å². The van der Waals surface area contributed by atoms with E-state index in [9.17, 15) is 4.79 Å². The van der Waals surface area contributed by atoms with Crippen molar-refractivity contribution in [1.82, 2.24) is 4.57 Å². The van der Waals surface area contributed by atoms with Crippen LogP contribution in [0.15, 0.2) is 84.4 Å². The van der Waals surface area contributed by atoms with Crippen LogP contribution in [-0.2, 0) is 6.54 Å². The van der Waals surface area contributed by atoms with E-state index in [-0.39, 0.29) is 5.91 Å². The number of amides is 1. The van der Waals surface area contributed by atoms with Gasteiger partial charge in [-0.1, -0.05) is 47.7 Å². The number of aromatic nitrogens is 1. The largest absolute Gasteiger partial charge is 0.486 e. The summed E-state index contributed by atoms with van der Waals surface area (Å²) in [5.41, 5.74) is 1.31. The minimum atomic E-state index is -0.377. The molecular weight excluding hydrogens is 424 g/mol. The fraction of sp³-hybridized carbons (Fsp3) is 0.120. The lowest BCUT2D eigenvalue weighted by molar-refractivity contribution is 0.0995. The van der Waals surface area contributed by atoms with Gasteiger partial charge < -0.3 is 18.8 Å². The maximum Gasteiger partial charge on any atom is 0.283 e. The molecule has 0 fully saturated rings. The average molecular weight is 445 g/mol. The van der Waals surface area contributed by atoms with E-state index in [2.05, 4.69) is 11.6 Å². The Morgan fingerprint density at radius 2 is 1.78 bits per heavy atom. The van der Waals surface area contributed by atoms with E-state index in [1.54, 1.807) is 24.3 Å². The van der Waals surface area contributed by atoms with Crippen molar-refractivity contribution < 1.29 is 19.0 Å². The Morgan fingerprint density at radius 1 is 1.06 bits per heavy atom. The number of hydrogen-bond donors (Lipinski definition) is 0. The molecule has 160 valence electrons. The third-order valence-corrected chi connectivity index (χ3v) is 5.99. The predicted molar refractivity (Wildman–Crippen MR) is 124 cm³/mol. The Bertz CT molecular complexity index is 1370. The highest BCUT2D eigenvalue weighted by atomic mass is 32.1. The van der Waals surface area contributed by atoms with E-state index in [0.717, 1.165) is 10.2 Å². The van der Waals surface area contributed by atoms with Gasteiger partial charge in [0.25, 0.3) is 5.91 Å². The summed E-state index contributed by atoms with van der Waals surface area (Å²) in [5, 5.41) is 0. The Labute approximate surface area is 188 Å². The van der Waals surface area contributed by atoms with Crippen LogP contribution in [0.2, 0.25) is 0 Å². The Morgan fingerprint density at radius 3 is 2.56 bits per heavy atom.